The second-order valence-electron chi connectivity index (χ2n) is 6.62. The van der Waals surface area contributed by atoms with Crippen molar-refractivity contribution in [3.05, 3.63) is 23.8 Å². The minimum Gasteiger partial charge on any atom is -0.448 e. The molecule has 1 aromatic rings. The first-order chi connectivity index (χ1) is 8.96. The first-order valence-electron chi connectivity index (χ1n) is 7.26. The molecule has 2 aliphatic rings. The minimum atomic E-state index is -0.378. The van der Waals surface area contributed by atoms with Crippen LogP contribution in [0.15, 0.2) is 18.2 Å². The summed E-state index contributed by atoms with van der Waals surface area (Å²) >= 11 is 0. The van der Waals surface area contributed by atoms with Crippen molar-refractivity contribution in [1.29, 1.82) is 0 Å². The van der Waals surface area contributed by atoms with Crippen molar-refractivity contribution in [3.63, 3.8) is 0 Å². The molecule has 0 aromatic heterocycles. The number of ether oxygens (including phenoxy) is 2. The van der Waals surface area contributed by atoms with Gasteiger partial charge in [0.25, 0.3) is 5.79 Å². The SMILES string of the molecule is CC(C)(N)Cc1ccc2c(c1)OC1(CCCCC1)O2. The van der Waals surface area contributed by atoms with Crippen LogP contribution in [0.3, 0.4) is 0 Å². The van der Waals surface area contributed by atoms with Gasteiger partial charge in [0, 0.05) is 18.4 Å². The van der Waals surface area contributed by atoms with E-state index in [-0.39, 0.29) is 11.3 Å². The van der Waals surface area contributed by atoms with Gasteiger partial charge in [0.05, 0.1) is 0 Å². The van der Waals surface area contributed by atoms with Gasteiger partial charge < -0.3 is 15.2 Å². The molecule has 0 saturated heterocycles. The Bertz CT molecular complexity index is 470. The molecular formula is C16H23NO2. The lowest BCUT2D eigenvalue weighted by molar-refractivity contribution is -0.105. The second kappa shape index (κ2) is 4.41. The summed E-state index contributed by atoms with van der Waals surface area (Å²) in [5, 5.41) is 0. The van der Waals surface area contributed by atoms with E-state index in [1.807, 2.05) is 19.9 Å². The second-order valence-corrected chi connectivity index (χ2v) is 6.62. The van der Waals surface area contributed by atoms with Crippen LogP contribution in [0.4, 0.5) is 0 Å². The maximum Gasteiger partial charge on any atom is 0.251 e. The third-order valence-corrected chi connectivity index (χ3v) is 3.88. The molecule has 1 spiro atoms. The summed E-state index contributed by atoms with van der Waals surface area (Å²) in [5.41, 5.74) is 7.09. The molecule has 1 fully saturated rings. The molecule has 3 rings (SSSR count). The van der Waals surface area contributed by atoms with Crippen LogP contribution in [0.25, 0.3) is 0 Å². The van der Waals surface area contributed by atoms with Crippen LogP contribution in [0, 0.1) is 0 Å². The van der Waals surface area contributed by atoms with Crippen LogP contribution >= 0.6 is 0 Å². The quantitative estimate of drug-likeness (QED) is 0.887. The number of hydrogen-bond acceptors (Lipinski definition) is 3. The fourth-order valence-corrected chi connectivity index (χ4v) is 3.07. The van der Waals surface area contributed by atoms with Gasteiger partial charge in [-0.2, -0.15) is 0 Å². The van der Waals surface area contributed by atoms with Crippen molar-refractivity contribution < 1.29 is 9.47 Å². The Morgan fingerprint density at radius 3 is 2.47 bits per heavy atom. The van der Waals surface area contributed by atoms with Gasteiger partial charge in [-0.05, 0) is 50.8 Å². The number of fused-ring (bicyclic) bond motifs is 1. The maximum absolute atomic E-state index is 6.13. The molecule has 0 atom stereocenters. The number of nitrogens with two attached hydrogens (primary N) is 1. The van der Waals surface area contributed by atoms with Crippen LogP contribution in [0.1, 0.15) is 51.5 Å². The lowest BCUT2D eigenvalue weighted by Gasteiger charge is -2.31. The average molecular weight is 261 g/mol. The van der Waals surface area contributed by atoms with Crippen LogP contribution < -0.4 is 15.2 Å². The molecule has 2 N–H and O–H groups in total. The summed E-state index contributed by atoms with van der Waals surface area (Å²) in [6.07, 6.45) is 6.51. The molecule has 1 saturated carbocycles. The zero-order valence-corrected chi connectivity index (χ0v) is 11.9. The van der Waals surface area contributed by atoms with Crippen molar-refractivity contribution in [2.45, 2.75) is 63.7 Å². The standard InChI is InChI=1S/C16H23NO2/c1-15(2,17)11-12-6-7-13-14(10-12)19-16(18-13)8-4-3-5-9-16/h6-7,10H,3-5,8-9,11,17H2,1-2H3. The van der Waals surface area contributed by atoms with Crippen molar-refractivity contribution in [1.82, 2.24) is 0 Å². The highest BCUT2D eigenvalue weighted by Gasteiger charge is 2.42. The van der Waals surface area contributed by atoms with E-state index in [9.17, 15) is 0 Å². The molecule has 1 aromatic carbocycles. The minimum absolute atomic E-state index is 0.198. The third-order valence-electron chi connectivity index (χ3n) is 3.88. The number of hydrogen-bond donors (Lipinski definition) is 1. The molecule has 0 bridgehead atoms. The summed E-state index contributed by atoms with van der Waals surface area (Å²) in [7, 11) is 0. The fraction of sp³-hybridized carbons (Fsp3) is 0.625. The van der Waals surface area contributed by atoms with Gasteiger partial charge in [-0.25, -0.2) is 0 Å². The summed E-state index contributed by atoms with van der Waals surface area (Å²) in [5.74, 6) is 1.40. The van der Waals surface area contributed by atoms with Gasteiger partial charge in [-0.1, -0.05) is 12.5 Å². The zero-order chi connectivity index (χ0) is 13.5. The molecule has 104 valence electrons. The Hall–Kier alpha value is -1.22. The molecule has 1 heterocycles. The lowest BCUT2D eigenvalue weighted by Crippen LogP contribution is -2.40. The van der Waals surface area contributed by atoms with Crippen LogP contribution in [-0.4, -0.2) is 11.3 Å². The highest BCUT2D eigenvalue weighted by Crippen LogP contribution is 2.45. The third kappa shape index (κ3) is 2.71. The summed E-state index contributed by atoms with van der Waals surface area (Å²) in [4.78, 5) is 0. The highest BCUT2D eigenvalue weighted by molar-refractivity contribution is 5.46. The van der Waals surface area contributed by atoms with Crippen molar-refractivity contribution in [2.24, 2.45) is 5.73 Å². The first-order valence-corrected chi connectivity index (χ1v) is 7.26. The first kappa shape index (κ1) is 12.8. The van der Waals surface area contributed by atoms with E-state index in [1.54, 1.807) is 0 Å². The van der Waals surface area contributed by atoms with E-state index in [4.69, 9.17) is 15.2 Å². The fourth-order valence-electron chi connectivity index (χ4n) is 3.07. The molecule has 0 amide bonds. The van der Waals surface area contributed by atoms with Crippen LogP contribution in [0.5, 0.6) is 11.5 Å². The lowest BCUT2D eigenvalue weighted by atomic mass is 9.94. The van der Waals surface area contributed by atoms with E-state index < -0.39 is 0 Å². The predicted octanol–water partition coefficient (Wildman–Crippen LogP) is 3.40. The van der Waals surface area contributed by atoms with Gasteiger partial charge in [0.15, 0.2) is 11.5 Å². The molecule has 19 heavy (non-hydrogen) atoms. The van der Waals surface area contributed by atoms with Gasteiger partial charge in [-0.15, -0.1) is 0 Å². The van der Waals surface area contributed by atoms with Gasteiger partial charge in [-0.3, -0.25) is 0 Å². The largest absolute Gasteiger partial charge is 0.448 e. The molecule has 0 radical (unpaired) electrons. The van der Waals surface area contributed by atoms with E-state index in [2.05, 4.69) is 12.1 Å². The topological polar surface area (TPSA) is 44.5 Å². The predicted molar refractivity (Wildman–Crippen MR) is 75.5 cm³/mol. The van der Waals surface area contributed by atoms with E-state index in [0.29, 0.717) is 0 Å². The van der Waals surface area contributed by atoms with Crippen molar-refractivity contribution >= 4 is 0 Å². The van der Waals surface area contributed by atoms with Crippen molar-refractivity contribution in [2.75, 3.05) is 0 Å². The van der Waals surface area contributed by atoms with Gasteiger partial charge >= 0.3 is 0 Å². The van der Waals surface area contributed by atoms with E-state index in [1.165, 1.54) is 24.8 Å². The number of benzene rings is 1. The molecule has 0 unspecified atom stereocenters. The van der Waals surface area contributed by atoms with Crippen LogP contribution in [0.2, 0.25) is 0 Å². The summed E-state index contributed by atoms with van der Waals surface area (Å²) < 4.78 is 12.2. The van der Waals surface area contributed by atoms with Crippen molar-refractivity contribution in [3.8, 4) is 11.5 Å². The normalized spacial score (nSPS) is 20.8. The Kier molecular flexibility index (Phi) is 2.97. The number of rotatable bonds is 2. The molecular weight excluding hydrogens is 238 g/mol. The Morgan fingerprint density at radius 2 is 1.79 bits per heavy atom. The Labute approximate surface area is 115 Å². The zero-order valence-electron chi connectivity index (χ0n) is 11.9. The Balaban J connectivity index is 1.80. The Morgan fingerprint density at radius 1 is 1.11 bits per heavy atom. The average Bonchev–Trinajstić information content (AvgIpc) is 2.64. The molecule has 3 nitrogen and oxygen atoms in total. The van der Waals surface area contributed by atoms with E-state index in [0.717, 1.165) is 30.8 Å². The van der Waals surface area contributed by atoms with Crippen LogP contribution in [-0.2, 0) is 6.42 Å². The molecule has 3 heteroatoms. The summed E-state index contributed by atoms with van der Waals surface area (Å²) in [6.45, 7) is 4.08. The molecule has 1 aliphatic heterocycles. The monoisotopic (exact) mass is 261 g/mol. The van der Waals surface area contributed by atoms with Gasteiger partial charge in [0.1, 0.15) is 0 Å². The molecule has 1 aliphatic carbocycles. The van der Waals surface area contributed by atoms with Gasteiger partial charge in [0.2, 0.25) is 0 Å². The smallest absolute Gasteiger partial charge is 0.251 e. The highest BCUT2D eigenvalue weighted by atomic mass is 16.7. The maximum atomic E-state index is 6.13. The van der Waals surface area contributed by atoms with E-state index >= 15 is 0 Å². The summed E-state index contributed by atoms with van der Waals surface area (Å²) in [6, 6.07) is 6.21.